The van der Waals surface area contributed by atoms with Crippen LogP contribution in [0.1, 0.15) is 24.7 Å². The van der Waals surface area contributed by atoms with Gasteiger partial charge in [0.05, 0.1) is 5.69 Å². The quantitative estimate of drug-likeness (QED) is 0.784. The molecule has 1 aromatic heterocycles. The first-order valence-corrected chi connectivity index (χ1v) is 6.76. The van der Waals surface area contributed by atoms with Gasteiger partial charge in [0, 0.05) is 24.1 Å². The maximum Gasteiger partial charge on any atom is 0.147 e. The van der Waals surface area contributed by atoms with Crippen molar-refractivity contribution in [1.82, 2.24) is 9.55 Å². The molecule has 0 bridgehead atoms. The van der Waals surface area contributed by atoms with E-state index in [1.54, 1.807) is 12.3 Å². The maximum absolute atomic E-state index is 14.0. The van der Waals surface area contributed by atoms with Crippen LogP contribution in [0, 0.1) is 5.82 Å². The van der Waals surface area contributed by atoms with Crippen molar-refractivity contribution in [2.75, 3.05) is 0 Å². The summed E-state index contributed by atoms with van der Waals surface area (Å²) < 4.78 is 15.8. The summed E-state index contributed by atoms with van der Waals surface area (Å²) >= 11 is 3.39. The lowest BCUT2D eigenvalue weighted by atomic mass is 10.2. The predicted molar refractivity (Wildman–Crippen MR) is 70.1 cm³/mol. The van der Waals surface area contributed by atoms with Crippen molar-refractivity contribution in [3.8, 4) is 5.69 Å². The molecule has 0 spiro atoms. The molecule has 2 nitrogen and oxygen atoms in total. The molecule has 0 amide bonds. The highest BCUT2D eigenvalue weighted by Gasteiger charge is 2.12. The number of nitrogens with zero attached hydrogens (tertiary/aromatic N) is 2. The zero-order valence-corrected chi connectivity index (χ0v) is 11.2. The Labute approximate surface area is 109 Å². The Morgan fingerprint density at radius 3 is 2.94 bits per heavy atom. The number of benzene rings is 1. The first-order chi connectivity index (χ1) is 8.27. The molecule has 17 heavy (non-hydrogen) atoms. The Hall–Kier alpha value is -1.16. The van der Waals surface area contributed by atoms with Crippen molar-refractivity contribution in [1.29, 1.82) is 0 Å². The van der Waals surface area contributed by atoms with E-state index >= 15 is 0 Å². The molecule has 1 heterocycles. The summed E-state index contributed by atoms with van der Waals surface area (Å²) in [4.78, 5) is 4.28. The van der Waals surface area contributed by atoms with Crippen LogP contribution in [0.15, 0.2) is 30.6 Å². The molecule has 0 aliphatic rings. The van der Waals surface area contributed by atoms with Crippen molar-refractivity contribution < 1.29 is 4.39 Å². The van der Waals surface area contributed by atoms with Gasteiger partial charge >= 0.3 is 0 Å². The zero-order chi connectivity index (χ0) is 12.3. The molecule has 0 unspecified atom stereocenters. The Balaban J connectivity index is 2.55. The van der Waals surface area contributed by atoms with Crippen LogP contribution >= 0.6 is 15.9 Å². The maximum atomic E-state index is 14.0. The molecule has 90 valence electrons. The molecule has 0 radical (unpaired) electrons. The second kappa shape index (κ2) is 5.45. The van der Waals surface area contributed by atoms with Crippen LogP contribution in [0.2, 0.25) is 0 Å². The van der Waals surface area contributed by atoms with Crippen LogP contribution in [0.3, 0.4) is 0 Å². The summed E-state index contributed by atoms with van der Waals surface area (Å²) in [6.45, 7) is 2.09. The molecule has 0 saturated heterocycles. The normalized spacial score (nSPS) is 10.8. The monoisotopic (exact) mass is 296 g/mol. The van der Waals surface area contributed by atoms with Gasteiger partial charge in [0.1, 0.15) is 11.6 Å². The Morgan fingerprint density at radius 1 is 1.41 bits per heavy atom. The van der Waals surface area contributed by atoms with Gasteiger partial charge in [-0.1, -0.05) is 35.0 Å². The van der Waals surface area contributed by atoms with Gasteiger partial charge in [-0.2, -0.15) is 0 Å². The minimum atomic E-state index is -0.211. The average Bonchev–Trinajstić information content (AvgIpc) is 2.77. The van der Waals surface area contributed by atoms with E-state index in [0.29, 0.717) is 11.0 Å². The molecule has 1 aromatic carbocycles. The van der Waals surface area contributed by atoms with E-state index in [4.69, 9.17) is 0 Å². The Bertz CT molecular complexity index is 508. The summed E-state index contributed by atoms with van der Waals surface area (Å²) in [5, 5.41) is 0.629. The minimum absolute atomic E-state index is 0.211. The fraction of sp³-hybridized carbons (Fsp3) is 0.308. The van der Waals surface area contributed by atoms with E-state index in [2.05, 4.69) is 27.8 Å². The molecule has 2 aromatic rings. The van der Waals surface area contributed by atoms with Gasteiger partial charge < -0.3 is 4.57 Å². The fourth-order valence-corrected chi connectivity index (χ4v) is 2.34. The van der Waals surface area contributed by atoms with Gasteiger partial charge in [0.15, 0.2) is 0 Å². The van der Waals surface area contributed by atoms with Crippen molar-refractivity contribution in [3.63, 3.8) is 0 Å². The van der Waals surface area contributed by atoms with Crippen molar-refractivity contribution in [2.24, 2.45) is 0 Å². The zero-order valence-electron chi connectivity index (χ0n) is 9.66. The Kier molecular flexibility index (Phi) is 3.94. The second-order valence-electron chi connectivity index (χ2n) is 3.84. The van der Waals surface area contributed by atoms with E-state index in [0.717, 1.165) is 24.2 Å². The van der Waals surface area contributed by atoms with Crippen LogP contribution in [0.4, 0.5) is 4.39 Å². The molecule has 0 aliphatic carbocycles. The number of hydrogen-bond acceptors (Lipinski definition) is 1. The highest BCUT2D eigenvalue weighted by Crippen LogP contribution is 2.22. The lowest BCUT2D eigenvalue weighted by Gasteiger charge is -2.12. The largest absolute Gasteiger partial charge is 0.301 e. The first kappa shape index (κ1) is 12.3. The van der Waals surface area contributed by atoms with Gasteiger partial charge in [0.25, 0.3) is 0 Å². The molecular formula is C13H14BrFN2. The molecule has 2 rings (SSSR count). The number of aryl methyl sites for hydroxylation is 1. The SMILES string of the molecule is CCCc1nccn1-c1c(F)cccc1CBr. The number of halogens is 2. The van der Waals surface area contributed by atoms with Crippen molar-refractivity contribution in [2.45, 2.75) is 25.1 Å². The van der Waals surface area contributed by atoms with Gasteiger partial charge in [-0.15, -0.1) is 0 Å². The second-order valence-corrected chi connectivity index (χ2v) is 4.41. The summed E-state index contributed by atoms with van der Waals surface area (Å²) in [5.41, 5.74) is 1.53. The van der Waals surface area contributed by atoms with Crippen LogP contribution in [0.5, 0.6) is 0 Å². The fourth-order valence-electron chi connectivity index (χ4n) is 1.88. The van der Waals surface area contributed by atoms with Gasteiger partial charge in [-0.3, -0.25) is 0 Å². The lowest BCUT2D eigenvalue weighted by molar-refractivity contribution is 0.612. The minimum Gasteiger partial charge on any atom is -0.301 e. The highest BCUT2D eigenvalue weighted by atomic mass is 79.9. The van der Waals surface area contributed by atoms with E-state index < -0.39 is 0 Å². The summed E-state index contributed by atoms with van der Waals surface area (Å²) in [5.74, 6) is 0.692. The summed E-state index contributed by atoms with van der Waals surface area (Å²) in [7, 11) is 0. The number of imidazole rings is 1. The Morgan fingerprint density at radius 2 is 2.24 bits per heavy atom. The predicted octanol–water partition coefficient (Wildman–Crippen LogP) is 3.86. The molecule has 0 atom stereocenters. The topological polar surface area (TPSA) is 17.8 Å². The summed E-state index contributed by atoms with van der Waals surface area (Å²) in [6, 6.07) is 5.13. The number of hydrogen-bond donors (Lipinski definition) is 0. The summed E-state index contributed by atoms with van der Waals surface area (Å²) in [6.07, 6.45) is 5.38. The van der Waals surface area contributed by atoms with Crippen LogP contribution in [-0.2, 0) is 11.8 Å². The van der Waals surface area contributed by atoms with E-state index in [1.807, 2.05) is 16.8 Å². The molecule has 4 heteroatoms. The van der Waals surface area contributed by atoms with Crippen molar-refractivity contribution >= 4 is 15.9 Å². The van der Waals surface area contributed by atoms with Crippen LogP contribution in [-0.4, -0.2) is 9.55 Å². The van der Waals surface area contributed by atoms with Gasteiger partial charge in [0.2, 0.25) is 0 Å². The molecular weight excluding hydrogens is 283 g/mol. The van der Waals surface area contributed by atoms with Crippen LogP contribution < -0.4 is 0 Å². The standard InChI is InChI=1S/C13H14BrFN2/c1-2-4-12-16-7-8-17(12)13-10(9-14)5-3-6-11(13)15/h3,5-8H,2,4,9H2,1H3. The molecule has 0 aliphatic heterocycles. The van der Waals surface area contributed by atoms with Crippen LogP contribution in [0.25, 0.3) is 5.69 Å². The lowest BCUT2D eigenvalue weighted by Crippen LogP contribution is -2.05. The van der Waals surface area contributed by atoms with Gasteiger partial charge in [-0.05, 0) is 18.1 Å². The van der Waals surface area contributed by atoms with E-state index in [9.17, 15) is 4.39 Å². The molecule has 0 N–H and O–H groups in total. The van der Waals surface area contributed by atoms with E-state index in [-0.39, 0.29) is 5.82 Å². The third-order valence-corrected chi connectivity index (χ3v) is 3.25. The molecule has 0 saturated carbocycles. The third-order valence-electron chi connectivity index (χ3n) is 2.65. The number of para-hydroxylation sites is 1. The number of alkyl halides is 1. The highest BCUT2D eigenvalue weighted by molar-refractivity contribution is 9.08. The van der Waals surface area contributed by atoms with Gasteiger partial charge in [-0.25, -0.2) is 9.37 Å². The average molecular weight is 297 g/mol. The van der Waals surface area contributed by atoms with E-state index in [1.165, 1.54) is 6.07 Å². The number of aromatic nitrogens is 2. The molecule has 0 fully saturated rings. The number of rotatable bonds is 4. The first-order valence-electron chi connectivity index (χ1n) is 5.64. The van der Waals surface area contributed by atoms with Crippen molar-refractivity contribution in [3.05, 3.63) is 47.8 Å². The third kappa shape index (κ3) is 2.41. The smallest absolute Gasteiger partial charge is 0.147 e.